The second-order valence-electron chi connectivity index (χ2n) is 4.67. The number of hydrogen-bond donors (Lipinski definition) is 0. The van der Waals surface area contributed by atoms with Gasteiger partial charge in [0.25, 0.3) is 0 Å². The standard InChI is InChI=1S/C14H19NO2/c1-5-11-15(12-9-7-6-8-10-12)13(16)17-14(2,3)4/h5-11H,1-4H3. The van der Waals surface area contributed by atoms with Gasteiger partial charge in [-0.2, -0.15) is 0 Å². The van der Waals surface area contributed by atoms with Crippen molar-refractivity contribution in [2.45, 2.75) is 33.3 Å². The van der Waals surface area contributed by atoms with Crippen LogP contribution in [-0.2, 0) is 4.74 Å². The van der Waals surface area contributed by atoms with Crippen molar-refractivity contribution in [2.24, 2.45) is 0 Å². The fourth-order valence-corrected chi connectivity index (χ4v) is 1.30. The Morgan fingerprint density at radius 3 is 2.29 bits per heavy atom. The Balaban J connectivity index is 2.91. The number of para-hydroxylation sites is 1. The predicted octanol–water partition coefficient (Wildman–Crippen LogP) is 3.96. The molecule has 0 saturated heterocycles. The van der Waals surface area contributed by atoms with Gasteiger partial charge in [-0.25, -0.2) is 4.79 Å². The number of benzene rings is 1. The molecule has 0 aromatic heterocycles. The lowest BCUT2D eigenvalue weighted by atomic mass is 10.2. The van der Waals surface area contributed by atoms with E-state index in [1.54, 1.807) is 12.3 Å². The van der Waals surface area contributed by atoms with Crippen LogP contribution in [0, 0.1) is 0 Å². The van der Waals surface area contributed by atoms with E-state index < -0.39 is 5.60 Å². The minimum atomic E-state index is -0.494. The summed E-state index contributed by atoms with van der Waals surface area (Å²) >= 11 is 0. The van der Waals surface area contributed by atoms with Gasteiger partial charge in [0, 0.05) is 6.20 Å². The SMILES string of the molecule is CC=CN(C(=O)OC(C)(C)C)c1ccccc1. The monoisotopic (exact) mass is 233 g/mol. The van der Waals surface area contributed by atoms with Crippen molar-refractivity contribution in [1.29, 1.82) is 0 Å². The Kier molecular flexibility index (Phi) is 4.32. The first-order chi connectivity index (χ1) is 7.94. The van der Waals surface area contributed by atoms with Crippen molar-refractivity contribution < 1.29 is 9.53 Å². The molecule has 3 heteroatoms. The molecule has 1 rings (SSSR count). The average molecular weight is 233 g/mol. The van der Waals surface area contributed by atoms with E-state index in [0.29, 0.717) is 0 Å². The van der Waals surface area contributed by atoms with E-state index in [4.69, 9.17) is 4.74 Å². The molecule has 0 spiro atoms. The quantitative estimate of drug-likeness (QED) is 0.773. The number of carbonyl (C=O) groups is 1. The average Bonchev–Trinajstić information content (AvgIpc) is 2.24. The maximum Gasteiger partial charge on any atom is 0.418 e. The third kappa shape index (κ3) is 4.31. The fourth-order valence-electron chi connectivity index (χ4n) is 1.30. The zero-order chi connectivity index (χ0) is 12.9. The highest BCUT2D eigenvalue weighted by atomic mass is 16.6. The van der Waals surface area contributed by atoms with Crippen LogP contribution in [-0.4, -0.2) is 11.7 Å². The highest BCUT2D eigenvalue weighted by molar-refractivity contribution is 5.89. The van der Waals surface area contributed by atoms with Crippen molar-refractivity contribution in [3.05, 3.63) is 42.6 Å². The van der Waals surface area contributed by atoms with E-state index in [1.165, 1.54) is 4.90 Å². The summed E-state index contributed by atoms with van der Waals surface area (Å²) in [6.45, 7) is 7.41. The maximum absolute atomic E-state index is 12.0. The highest BCUT2D eigenvalue weighted by Gasteiger charge is 2.21. The van der Waals surface area contributed by atoms with Crippen molar-refractivity contribution in [1.82, 2.24) is 0 Å². The Hall–Kier alpha value is -1.77. The molecular formula is C14H19NO2. The summed E-state index contributed by atoms with van der Waals surface area (Å²) in [4.78, 5) is 13.5. The molecule has 0 aliphatic heterocycles. The van der Waals surface area contributed by atoms with Crippen LogP contribution in [0.1, 0.15) is 27.7 Å². The topological polar surface area (TPSA) is 29.5 Å². The maximum atomic E-state index is 12.0. The molecule has 0 heterocycles. The van der Waals surface area contributed by atoms with E-state index in [-0.39, 0.29) is 6.09 Å². The Morgan fingerprint density at radius 2 is 1.82 bits per heavy atom. The van der Waals surface area contributed by atoms with Crippen LogP contribution in [0.15, 0.2) is 42.6 Å². The van der Waals surface area contributed by atoms with E-state index in [0.717, 1.165) is 5.69 Å². The second kappa shape index (κ2) is 5.53. The first-order valence-corrected chi connectivity index (χ1v) is 5.64. The van der Waals surface area contributed by atoms with Crippen LogP contribution in [0.25, 0.3) is 0 Å². The van der Waals surface area contributed by atoms with Gasteiger partial charge in [-0.05, 0) is 39.8 Å². The molecule has 92 valence electrons. The molecule has 1 amide bonds. The lowest BCUT2D eigenvalue weighted by molar-refractivity contribution is 0.0596. The molecule has 17 heavy (non-hydrogen) atoms. The Bertz CT molecular complexity index is 390. The number of hydrogen-bond acceptors (Lipinski definition) is 2. The molecule has 0 aliphatic carbocycles. The normalized spacial score (nSPS) is 11.5. The largest absolute Gasteiger partial charge is 0.443 e. The van der Waals surface area contributed by atoms with E-state index in [1.807, 2.05) is 58.0 Å². The Labute approximate surface area is 103 Å². The van der Waals surface area contributed by atoms with Gasteiger partial charge in [0.05, 0.1) is 5.69 Å². The van der Waals surface area contributed by atoms with E-state index in [2.05, 4.69) is 0 Å². The molecule has 0 saturated carbocycles. The molecular weight excluding hydrogens is 214 g/mol. The Morgan fingerprint density at radius 1 is 1.24 bits per heavy atom. The summed E-state index contributed by atoms with van der Waals surface area (Å²) in [5.41, 5.74) is 0.297. The van der Waals surface area contributed by atoms with Gasteiger partial charge < -0.3 is 4.74 Å². The van der Waals surface area contributed by atoms with E-state index in [9.17, 15) is 4.79 Å². The van der Waals surface area contributed by atoms with Crippen LogP contribution in [0.3, 0.4) is 0 Å². The molecule has 0 atom stereocenters. The molecule has 3 nitrogen and oxygen atoms in total. The van der Waals surface area contributed by atoms with Crippen molar-refractivity contribution >= 4 is 11.8 Å². The molecule has 1 aromatic carbocycles. The molecule has 0 aliphatic rings. The number of carbonyl (C=O) groups excluding carboxylic acids is 1. The number of nitrogens with zero attached hydrogens (tertiary/aromatic N) is 1. The van der Waals surface area contributed by atoms with Gasteiger partial charge in [0.15, 0.2) is 0 Å². The van der Waals surface area contributed by atoms with Crippen LogP contribution < -0.4 is 4.90 Å². The summed E-state index contributed by atoms with van der Waals surface area (Å²) in [7, 11) is 0. The van der Waals surface area contributed by atoms with Crippen molar-refractivity contribution in [3.8, 4) is 0 Å². The zero-order valence-electron chi connectivity index (χ0n) is 10.8. The lowest BCUT2D eigenvalue weighted by Crippen LogP contribution is -2.33. The summed E-state index contributed by atoms with van der Waals surface area (Å²) in [6, 6.07) is 9.41. The molecule has 0 unspecified atom stereocenters. The number of rotatable bonds is 2. The summed E-state index contributed by atoms with van der Waals surface area (Å²) in [5, 5.41) is 0. The number of allylic oxidation sites excluding steroid dienone is 1. The first-order valence-electron chi connectivity index (χ1n) is 5.64. The fraction of sp³-hybridized carbons (Fsp3) is 0.357. The van der Waals surface area contributed by atoms with Gasteiger partial charge in [-0.3, -0.25) is 4.90 Å². The summed E-state index contributed by atoms with van der Waals surface area (Å²) < 4.78 is 5.34. The number of anilines is 1. The third-order valence-electron chi connectivity index (χ3n) is 1.92. The number of ether oxygens (including phenoxy) is 1. The van der Waals surface area contributed by atoms with E-state index >= 15 is 0 Å². The summed E-state index contributed by atoms with van der Waals surface area (Å²) in [6.07, 6.45) is 3.13. The van der Waals surface area contributed by atoms with Gasteiger partial charge in [-0.15, -0.1) is 0 Å². The molecule has 0 N–H and O–H groups in total. The molecule has 0 radical (unpaired) electrons. The highest BCUT2D eigenvalue weighted by Crippen LogP contribution is 2.18. The number of amides is 1. The smallest absolute Gasteiger partial charge is 0.418 e. The van der Waals surface area contributed by atoms with Crippen LogP contribution >= 0.6 is 0 Å². The lowest BCUT2D eigenvalue weighted by Gasteiger charge is -2.25. The molecule has 1 aromatic rings. The van der Waals surface area contributed by atoms with Gasteiger partial charge in [0.2, 0.25) is 0 Å². The van der Waals surface area contributed by atoms with Crippen molar-refractivity contribution in [2.75, 3.05) is 4.90 Å². The minimum Gasteiger partial charge on any atom is -0.443 e. The van der Waals surface area contributed by atoms with Crippen LogP contribution in [0.5, 0.6) is 0 Å². The molecule has 0 bridgehead atoms. The zero-order valence-corrected chi connectivity index (χ0v) is 10.8. The third-order valence-corrected chi connectivity index (χ3v) is 1.92. The predicted molar refractivity (Wildman–Crippen MR) is 70.0 cm³/mol. The van der Waals surface area contributed by atoms with Gasteiger partial charge in [0.1, 0.15) is 5.60 Å². The van der Waals surface area contributed by atoms with Gasteiger partial charge >= 0.3 is 6.09 Å². The van der Waals surface area contributed by atoms with Crippen molar-refractivity contribution in [3.63, 3.8) is 0 Å². The van der Waals surface area contributed by atoms with Crippen LogP contribution in [0.2, 0.25) is 0 Å². The van der Waals surface area contributed by atoms with Crippen LogP contribution in [0.4, 0.5) is 10.5 Å². The molecule has 0 fully saturated rings. The summed E-state index contributed by atoms with van der Waals surface area (Å²) in [5.74, 6) is 0. The second-order valence-corrected chi connectivity index (χ2v) is 4.67. The minimum absolute atomic E-state index is 0.373. The first kappa shape index (κ1) is 13.3. The van der Waals surface area contributed by atoms with Gasteiger partial charge in [-0.1, -0.05) is 24.3 Å².